The molecule has 1 saturated heterocycles. The lowest BCUT2D eigenvalue weighted by Crippen LogP contribution is -2.35. The van der Waals surface area contributed by atoms with E-state index in [1.54, 1.807) is 0 Å². The van der Waals surface area contributed by atoms with Crippen molar-refractivity contribution in [1.29, 1.82) is 0 Å². The van der Waals surface area contributed by atoms with Gasteiger partial charge in [0.2, 0.25) is 5.28 Å². The van der Waals surface area contributed by atoms with Crippen LogP contribution >= 0.6 is 11.6 Å². The zero-order valence-corrected chi connectivity index (χ0v) is 10.1. The summed E-state index contributed by atoms with van der Waals surface area (Å²) < 4.78 is 5.60. The molecule has 1 aliphatic rings. The first-order valence-corrected chi connectivity index (χ1v) is 5.76. The highest BCUT2D eigenvalue weighted by Crippen LogP contribution is 2.19. The minimum Gasteiger partial charge on any atom is -0.481 e. The van der Waals surface area contributed by atoms with E-state index in [4.69, 9.17) is 16.3 Å². The first-order valence-electron chi connectivity index (χ1n) is 5.38. The molecule has 1 N–H and O–H groups in total. The van der Waals surface area contributed by atoms with Crippen molar-refractivity contribution in [3.8, 4) is 5.75 Å². The lowest BCUT2D eigenvalue weighted by molar-refractivity contribution is -0.404. The van der Waals surface area contributed by atoms with Gasteiger partial charge in [-0.2, -0.15) is 0 Å². The average molecular weight is 271 g/mol. The third-order valence-electron chi connectivity index (χ3n) is 2.44. The minimum atomic E-state index is -0.498. The number of nitro groups is 1. The largest absolute Gasteiger partial charge is 0.481 e. The van der Waals surface area contributed by atoms with E-state index in [2.05, 4.69) is 15.3 Å². The summed E-state index contributed by atoms with van der Waals surface area (Å²) in [5.74, 6) is 0.433. The number of piperidine rings is 1. The smallest absolute Gasteiger partial charge is 0.257 e. The van der Waals surface area contributed by atoms with Crippen molar-refractivity contribution in [3.63, 3.8) is 0 Å². The van der Waals surface area contributed by atoms with E-state index in [-0.39, 0.29) is 11.4 Å². The second kappa shape index (κ2) is 5.63. The summed E-state index contributed by atoms with van der Waals surface area (Å²) in [5.41, 5.74) is 0.459. The van der Waals surface area contributed by atoms with Crippen LogP contribution in [-0.2, 0) is 0 Å². The zero-order valence-electron chi connectivity index (χ0n) is 9.38. The molecule has 0 spiro atoms. The van der Waals surface area contributed by atoms with Crippen molar-refractivity contribution >= 4 is 11.6 Å². The van der Waals surface area contributed by atoms with E-state index >= 15 is 0 Å². The predicted octanol–water partition coefficient (Wildman–Crippen LogP) is 1.38. The van der Waals surface area contributed by atoms with E-state index in [0.29, 0.717) is 24.4 Å². The molecule has 1 aromatic rings. The summed E-state index contributed by atoms with van der Waals surface area (Å²) >= 11 is 5.56. The van der Waals surface area contributed by atoms with Gasteiger partial charge in [0.1, 0.15) is 11.8 Å². The van der Waals surface area contributed by atoms with Crippen LogP contribution in [0.2, 0.25) is 5.28 Å². The number of nitrogens with one attached hydrogen (secondary N) is 1. The Kier molecular flexibility index (Phi) is 3.93. The molecule has 1 unspecified atom stereocenters. The normalized spacial score (nSPS) is 21.4. The molecule has 7 nitrogen and oxygen atoms in total. The Labute approximate surface area is 108 Å². The molecule has 18 heavy (non-hydrogen) atoms. The molecule has 8 heteroatoms. The van der Waals surface area contributed by atoms with Gasteiger partial charge in [0, 0.05) is 6.54 Å². The Balaban J connectivity index is 2.10. The fourth-order valence-electron chi connectivity index (χ4n) is 1.68. The van der Waals surface area contributed by atoms with Crippen LogP contribution in [0, 0.1) is 10.1 Å². The van der Waals surface area contributed by atoms with Crippen LogP contribution in [0.3, 0.4) is 0 Å². The number of nitrogens with zero attached hydrogens (tertiary/aromatic N) is 3. The zero-order chi connectivity index (χ0) is 13.0. The van der Waals surface area contributed by atoms with Crippen molar-refractivity contribution in [2.75, 3.05) is 6.54 Å². The summed E-state index contributed by atoms with van der Waals surface area (Å²) in [6, 6.07) is 0. The molecule has 0 aromatic carbocycles. The molecule has 0 radical (unpaired) electrons. The van der Waals surface area contributed by atoms with Gasteiger partial charge < -0.3 is 10.1 Å². The lowest BCUT2D eigenvalue weighted by Gasteiger charge is -2.25. The first kappa shape index (κ1) is 12.6. The number of hydrogen-bond donors (Lipinski definition) is 1. The quantitative estimate of drug-likeness (QED) is 0.507. The molecule has 1 aromatic heterocycles. The first-order chi connectivity index (χ1) is 8.65. The third kappa shape index (κ3) is 3.30. The molecule has 96 valence electrons. The number of rotatable bonds is 3. The maximum Gasteiger partial charge on any atom is 0.257 e. The second-order valence-electron chi connectivity index (χ2n) is 3.73. The molecule has 1 aliphatic heterocycles. The Hall–Kier alpha value is -1.89. The lowest BCUT2D eigenvalue weighted by atomic mass is 10.1. The van der Waals surface area contributed by atoms with Gasteiger partial charge in [-0.15, -0.1) is 0 Å². The van der Waals surface area contributed by atoms with Gasteiger partial charge in [-0.25, -0.2) is 9.97 Å². The van der Waals surface area contributed by atoms with Crippen molar-refractivity contribution in [2.45, 2.75) is 18.9 Å². The van der Waals surface area contributed by atoms with Crippen molar-refractivity contribution in [2.24, 2.45) is 0 Å². The van der Waals surface area contributed by atoms with E-state index in [1.807, 2.05) is 0 Å². The summed E-state index contributed by atoms with van der Waals surface area (Å²) in [6.07, 6.45) is 5.01. The SMILES string of the molecule is O=[N+]([O-])/C=C1\NCCCC1Oc1cnc(Cl)nc1. The van der Waals surface area contributed by atoms with Crippen LogP contribution in [0.4, 0.5) is 0 Å². The highest BCUT2D eigenvalue weighted by molar-refractivity contribution is 6.28. The maximum atomic E-state index is 10.5. The molecular formula is C10H11ClN4O3. The summed E-state index contributed by atoms with van der Waals surface area (Å²) in [6.45, 7) is 0.705. The standard InChI is InChI=1S/C10H11ClN4O3/c11-10-13-4-7(5-14-10)18-9-2-1-3-12-8(9)6-15(16)17/h4-6,9,12H,1-3H2/b8-6-. The average Bonchev–Trinajstić information content (AvgIpc) is 2.34. The van der Waals surface area contributed by atoms with Crippen molar-refractivity contribution in [1.82, 2.24) is 15.3 Å². The van der Waals surface area contributed by atoms with Gasteiger partial charge in [0.05, 0.1) is 17.3 Å². The third-order valence-corrected chi connectivity index (χ3v) is 2.63. The molecule has 2 rings (SSSR count). The molecular weight excluding hydrogens is 260 g/mol. The van der Waals surface area contributed by atoms with Crippen LogP contribution in [-0.4, -0.2) is 27.5 Å². The van der Waals surface area contributed by atoms with Gasteiger partial charge in [-0.3, -0.25) is 10.1 Å². The van der Waals surface area contributed by atoms with Crippen LogP contribution in [0.15, 0.2) is 24.3 Å². The van der Waals surface area contributed by atoms with E-state index in [1.165, 1.54) is 12.4 Å². The number of aromatic nitrogens is 2. The molecule has 0 amide bonds. The maximum absolute atomic E-state index is 10.5. The second-order valence-corrected chi connectivity index (χ2v) is 4.07. The monoisotopic (exact) mass is 270 g/mol. The number of halogens is 1. The molecule has 0 saturated carbocycles. The van der Waals surface area contributed by atoms with E-state index in [9.17, 15) is 10.1 Å². The number of hydrogen-bond acceptors (Lipinski definition) is 6. The molecule has 2 heterocycles. The van der Waals surface area contributed by atoms with E-state index < -0.39 is 4.92 Å². The van der Waals surface area contributed by atoms with Crippen molar-refractivity contribution in [3.05, 3.63) is 39.7 Å². The molecule has 1 fully saturated rings. The number of ether oxygens (including phenoxy) is 1. The molecule has 0 aliphatic carbocycles. The predicted molar refractivity (Wildman–Crippen MR) is 63.8 cm³/mol. The fourth-order valence-corrected chi connectivity index (χ4v) is 1.78. The summed E-state index contributed by atoms with van der Waals surface area (Å²) in [7, 11) is 0. The van der Waals surface area contributed by atoms with Crippen LogP contribution in [0.5, 0.6) is 5.75 Å². The van der Waals surface area contributed by atoms with Crippen LogP contribution < -0.4 is 10.1 Å². The molecule has 0 bridgehead atoms. The van der Waals surface area contributed by atoms with Crippen molar-refractivity contribution < 1.29 is 9.66 Å². The van der Waals surface area contributed by atoms with E-state index in [0.717, 1.165) is 12.6 Å². The topological polar surface area (TPSA) is 90.2 Å². The highest BCUT2D eigenvalue weighted by atomic mass is 35.5. The van der Waals surface area contributed by atoms with Gasteiger partial charge in [-0.05, 0) is 24.4 Å². The van der Waals surface area contributed by atoms with Gasteiger partial charge in [-0.1, -0.05) is 0 Å². The minimum absolute atomic E-state index is 0.130. The van der Waals surface area contributed by atoms with Gasteiger partial charge >= 0.3 is 0 Å². The Morgan fingerprint density at radius 1 is 1.56 bits per heavy atom. The Morgan fingerprint density at radius 2 is 2.28 bits per heavy atom. The molecule has 1 atom stereocenters. The highest BCUT2D eigenvalue weighted by Gasteiger charge is 2.23. The van der Waals surface area contributed by atoms with Crippen LogP contribution in [0.25, 0.3) is 0 Å². The fraction of sp³-hybridized carbons (Fsp3) is 0.400. The van der Waals surface area contributed by atoms with Crippen LogP contribution in [0.1, 0.15) is 12.8 Å². The summed E-state index contributed by atoms with van der Waals surface area (Å²) in [5, 5.41) is 13.6. The Morgan fingerprint density at radius 3 is 2.94 bits per heavy atom. The van der Waals surface area contributed by atoms with Gasteiger partial charge in [0.15, 0.2) is 5.75 Å². The summed E-state index contributed by atoms with van der Waals surface area (Å²) in [4.78, 5) is 17.6. The Bertz CT molecular complexity index is 463. The van der Waals surface area contributed by atoms with Gasteiger partial charge in [0.25, 0.3) is 6.20 Å².